The number of nitriles is 1. The van der Waals surface area contributed by atoms with E-state index in [4.69, 9.17) is 9.47 Å². The van der Waals surface area contributed by atoms with Crippen LogP contribution in [0.4, 0.5) is 24.1 Å². The van der Waals surface area contributed by atoms with E-state index in [1.165, 1.54) is 13.2 Å². The molecule has 2 aliphatic rings. The van der Waals surface area contributed by atoms with Crippen LogP contribution < -0.4 is 20.9 Å². The van der Waals surface area contributed by atoms with E-state index in [0.29, 0.717) is 12.1 Å². The Labute approximate surface area is 248 Å². The molecule has 11 nitrogen and oxygen atoms in total. The largest absolute Gasteiger partial charge is 0.466 e. The first kappa shape index (κ1) is 31.4. The van der Waals surface area contributed by atoms with Crippen LogP contribution in [-0.4, -0.2) is 76.0 Å². The minimum atomic E-state index is -1.40. The average Bonchev–Trinajstić information content (AvgIpc) is 3.00. The average molecular weight is 597 g/mol. The van der Waals surface area contributed by atoms with Gasteiger partial charge in [-0.05, 0) is 55.2 Å². The summed E-state index contributed by atoms with van der Waals surface area (Å²) >= 11 is 0. The van der Waals surface area contributed by atoms with Crippen LogP contribution in [0.2, 0.25) is 0 Å². The van der Waals surface area contributed by atoms with Crippen LogP contribution in [0, 0.1) is 29.9 Å². The number of urea groups is 2. The molecule has 0 bridgehead atoms. The van der Waals surface area contributed by atoms with Crippen molar-refractivity contribution in [1.82, 2.24) is 20.9 Å². The molecule has 1 atom stereocenters. The molecule has 0 aliphatic carbocycles. The van der Waals surface area contributed by atoms with Gasteiger partial charge in [0.15, 0.2) is 11.6 Å². The predicted molar refractivity (Wildman–Crippen MR) is 153 cm³/mol. The summed E-state index contributed by atoms with van der Waals surface area (Å²) in [6, 6.07) is 8.05. The highest BCUT2D eigenvalue weighted by atomic mass is 19.2. The van der Waals surface area contributed by atoms with E-state index in [1.807, 2.05) is 25.1 Å². The lowest BCUT2D eigenvalue weighted by Crippen LogP contribution is -2.56. The number of anilines is 1. The topological polar surface area (TPSA) is 136 Å². The monoisotopic (exact) mass is 596 g/mol. The number of piperidine rings is 1. The molecule has 0 radical (unpaired) electrons. The van der Waals surface area contributed by atoms with Gasteiger partial charge in [-0.25, -0.2) is 28.1 Å². The number of methoxy groups -OCH3 is 2. The highest BCUT2D eigenvalue weighted by Crippen LogP contribution is 2.35. The summed E-state index contributed by atoms with van der Waals surface area (Å²) in [4.78, 5) is 42.2. The van der Waals surface area contributed by atoms with Gasteiger partial charge in [-0.15, -0.1) is 0 Å². The van der Waals surface area contributed by atoms with Crippen molar-refractivity contribution in [3.8, 4) is 6.07 Å². The third-order valence-corrected chi connectivity index (χ3v) is 7.45. The summed E-state index contributed by atoms with van der Waals surface area (Å²) in [6.45, 7) is 3.82. The molecule has 0 spiro atoms. The molecule has 43 heavy (non-hydrogen) atoms. The summed E-state index contributed by atoms with van der Waals surface area (Å²) in [7, 11) is 2.48. The van der Waals surface area contributed by atoms with Crippen molar-refractivity contribution in [2.45, 2.75) is 31.8 Å². The number of nitrogens with zero attached hydrogens (tertiary/aromatic N) is 3. The predicted octanol–water partition coefficient (Wildman–Crippen LogP) is 3.25. The second kappa shape index (κ2) is 14.1. The number of hydrogen-bond donors (Lipinski definition) is 3. The number of ether oxygens (including phenoxy) is 2. The van der Waals surface area contributed by atoms with Crippen molar-refractivity contribution in [3.05, 3.63) is 76.0 Å². The van der Waals surface area contributed by atoms with Crippen LogP contribution >= 0.6 is 0 Å². The van der Waals surface area contributed by atoms with Crippen LogP contribution in [0.1, 0.15) is 35.6 Å². The zero-order chi connectivity index (χ0) is 31.1. The van der Waals surface area contributed by atoms with E-state index in [0.717, 1.165) is 61.3 Å². The smallest absolute Gasteiger partial charge is 0.338 e. The SMILES string of the molecule is COCC1=C(C(=O)OC)C(c2ccc(F)c(F)c2)N(C(=O)NCCNC2CCN(c3ccc(C)cc3C#N)CC2)C(=O)N1. The molecular formula is C30H34F2N6O5. The van der Waals surface area contributed by atoms with E-state index in [1.54, 1.807) is 0 Å². The number of hydrogen-bond acceptors (Lipinski definition) is 8. The molecule has 3 N–H and O–H groups in total. The second-order valence-electron chi connectivity index (χ2n) is 10.3. The number of rotatable bonds is 9. The molecule has 2 aromatic rings. The van der Waals surface area contributed by atoms with E-state index in [2.05, 4.69) is 26.9 Å². The van der Waals surface area contributed by atoms with Crippen molar-refractivity contribution in [3.63, 3.8) is 0 Å². The molecule has 0 saturated carbocycles. The number of benzene rings is 2. The second-order valence-corrected chi connectivity index (χ2v) is 10.3. The Morgan fingerprint density at radius 1 is 1.09 bits per heavy atom. The van der Waals surface area contributed by atoms with Gasteiger partial charge in [0.05, 0.1) is 36.2 Å². The van der Waals surface area contributed by atoms with Crippen molar-refractivity contribution in [2.24, 2.45) is 0 Å². The number of amides is 4. The summed E-state index contributed by atoms with van der Waals surface area (Å²) in [5.41, 5.74) is 2.49. The van der Waals surface area contributed by atoms with Gasteiger partial charge in [0, 0.05) is 39.3 Å². The summed E-state index contributed by atoms with van der Waals surface area (Å²) in [6.07, 6.45) is 1.66. The van der Waals surface area contributed by atoms with Gasteiger partial charge < -0.3 is 30.3 Å². The van der Waals surface area contributed by atoms with Crippen molar-refractivity contribution in [2.75, 3.05) is 51.9 Å². The summed E-state index contributed by atoms with van der Waals surface area (Å²) in [5, 5.41) is 18.1. The molecule has 1 unspecified atom stereocenters. The van der Waals surface area contributed by atoms with Crippen molar-refractivity contribution >= 4 is 23.7 Å². The Bertz CT molecular complexity index is 1450. The van der Waals surface area contributed by atoms with E-state index in [9.17, 15) is 28.4 Å². The Balaban J connectivity index is 1.41. The Kier molecular flexibility index (Phi) is 10.3. The van der Waals surface area contributed by atoms with Gasteiger partial charge in [-0.3, -0.25) is 0 Å². The maximum absolute atomic E-state index is 14.2. The molecule has 1 fully saturated rings. The van der Waals surface area contributed by atoms with E-state index in [-0.39, 0.29) is 36.0 Å². The van der Waals surface area contributed by atoms with Crippen molar-refractivity contribution in [1.29, 1.82) is 5.26 Å². The lowest BCUT2D eigenvalue weighted by molar-refractivity contribution is -0.137. The lowest BCUT2D eigenvalue weighted by atomic mass is 9.93. The molecule has 13 heteroatoms. The third-order valence-electron chi connectivity index (χ3n) is 7.45. The number of aryl methyl sites for hydroxylation is 1. The zero-order valence-electron chi connectivity index (χ0n) is 24.2. The molecule has 1 saturated heterocycles. The molecule has 2 aliphatic heterocycles. The quantitative estimate of drug-likeness (QED) is 0.297. The van der Waals surface area contributed by atoms with E-state index >= 15 is 0 Å². The number of halogens is 2. The fourth-order valence-electron chi connectivity index (χ4n) is 5.35. The summed E-state index contributed by atoms with van der Waals surface area (Å²) < 4.78 is 38.0. The molecule has 2 aromatic carbocycles. The molecule has 0 aromatic heterocycles. The highest BCUT2D eigenvalue weighted by molar-refractivity contribution is 6.01. The van der Waals surface area contributed by atoms with Gasteiger partial charge >= 0.3 is 18.0 Å². The number of nitrogens with one attached hydrogen (secondary N) is 3. The van der Waals surface area contributed by atoms with Gasteiger partial charge in [-0.2, -0.15) is 5.26 Å². The first-order chi connectivity index (χ1) is 20.7. The van der Waals surface area contributed by atoms with Crippen LogP contribution in [-0.2, 0) is 14.3 Å². The zero-order valence-corrected chi connectivity index (χ0v) is 24.2. The van der Waals surface area contributed by atoms with Crippen LogP contribution in [0.25, 0.3) is 0 Å². The van der Waals surface area contributed by atoms with Gasteiger partial charge in [0.2, 0.25) is 0 Å². The van der Waals surface area contributed by atoms with Gasteiger partial charge in [0.1, 0.15) is 12.1 Å². The molecular weight excluding hydrogens is 562 g/mol. The summed E-state index contributed by atoms with van der Waals surface area (Å²) in [5.74, 6) is -3.20. The Morgan fingerprint density at radius 2 is 1.84 bits per heavy atom. The van der Waals surface area contributed by atoms with Gasteiger partial charge in [0.25, 0.3) is 0 Å². The van der Waals surface area contributed by atoms with Crippen LogP contribution in [0.5, 0.6) is 0 Å². The highest BCUT2D eigenvalue weighted by Gasteiger charge is 2.43. The number of esters is 1. The Morgan fingerprint density at radius 3 is 2.49 bits per heavy atom. The molecule has 2 heterocycles. The van der Waals surface area contributed by atoms with Crippen LogP contribution in [0.3, 0.4) is 0 Å². The third kappa shape index (κ3) is 7.10. The molecule has 228 valence electrons. The number of carbonyl (C=O) groups excluding carboxylic acids is 3. The normalized spacial score (nSPS) is 17.4. The maximum Gasteiger partial charge on any atom is 0.338 e. The van der Waals surface area contributed by atoms with E-state index < -0.39 is 35.7 Å². The Hall–Kier alpha value is -4.54. The maximum atomic E-state index is 14.2. The fraction of sp³-hybridized carbons (Fsp3) is 0.400. The number of carbonyl (C=O) groups is 3. The fourth-order valence-corrected chi connectivity index (χ4v) is 5.35. The number of imide groups is 1. The minimum Gasteiger partial charge on any atom is -0.466 e. The standard InChI is InChI=1S/C30H34F2N6O5/c1-18-4-7-25(20(14-18)16-33)37-12-8-21(9-13-37)34-10-11-35-29(40)38-27(19-5-6-22(31)23(32)15-19)26(28(39)43-3)24(17-42-2)36-30(38)41/h4-7,14-15,21,27,34H,8-13,17H2,1-3H3,(H,35,40)(H,36,41). The lowest BCUT2D eigenvalue weighted by Gasteiger charge is -2.37. The molecule has 4 rings (SSSR count). The molecule has 4 amide bonds. The minimum absolute atomic E-state index is 0.00378. The van der Waals surface area contributed by atoms with Crippen LogP contribution in [0.15, 0.2) is 47.7 Å². The first-order valence-electron chi connectivity index (χ1n) is 13.8. The van der Waals surface area contributed by atoms with Gasteiger partial charge in [-0.1, -0.05) is 12.1 Å². The van der Waals surface area contributed by atoms with Crippen molar-refractivity contribution < 1.29 is 32.6 Å². The first-order valence-corrected chi connectivity index (χ1v) is 13.8.